The third kappa shape index (κ3) is 1.23. The number of carbonyl (C=O) groups is 1. The van der Waals surface area contributed by atoms with Crippen LogP contribution in [0.25, 0.3) is 0 Å². The molecule has 0 radical (unpaired) electrons. The van der Waals surface area contributed by atoms with Crippen LogP contribution in [0.3, 0.4) is 0 Å². The van der Waals surface area contributed by atoms with Crippen molar-refractivity contribution in [3.05, 3.63) is 0 Å². The fraction of sp³-hybridized carbons (Fsp3) is 0.500. The maximum atomic E-state index is 11.5. The first-order valence-electron chi connectivity index (χ1n) is 4.21. The van der Waals surface area contributed by atoms with E-state index < -0.39 is 0 Å². The van der Waals surface area contributed by atoms with Gasteiger partial charge in [-0.2, -0.15) is 0 Å². The second-order valence-corrected chi connectivity index (χ2v) is 3.17. The van der Waals surface area contributed by atoms with E-state index in [0.717, 1.165) is 0 Å². The van der Waals surface area contributed by atoms with E-state index in [2.05, 4.69) is 21.4 Å². The van der Waals surface area contributed by atoms with E-state index in [-0.39, 0.29) is 11.8 Å². The Kier molecular flexibility index (Phi) is 1.93. The third-order valence-electron chi connectivity index (χ3n) is 2.20. The highest BCUT2D eigenvalue weighted by atomic mass is 16.2. The summed E-state index contributed by atoms with van der Waals surface area (Å²) in [6.45, 7) is 0.504. The second kappa shape index (κ2) is 3.10. The van der Waals surface area contributed by atoms with E-state index >= 15 is 0 Å². The van der Waals surface area contributed by atoms with Gasteiger partial charge >= 0.3 is 0 Å². The number of tetrazole rings is 1. The molecule has 1 aromatic heterocycles. The number of amides is 1. The number of aryl methyl sites for hydroxylation is 1. The van der Waals surface area contributed by atoms with Crippen LogP contribution in [-0.2, 0) is 11.8 Å². The molecule has 0 spiro atoms. The molecule has 1 amide bonds. The number of aromatic nitrogens is 4. The highest BCUT2D eigenvalue weighted by Crippen LogP contribution is 2.21. The van der Waals surface area contributed by atoms with Crippen molar-refractivity contribution < 1.29 is 4.79 Å². The zero-order valence-corrected chi connectivity index (χ0v) is 7.71. The molecule has 1 aromatic rings. The van der Waals surface area contributed by atoms with Gasteiger partial charge in [0.25, 0.3) is 5.95 Å². The third-order valence-corrected chi connectivity index (χ3v) is 2.20. The van der Waals surface area contributed by atoms with Crippen molar-refractivity contribution in [1.29, 1.82) is 0 Å². The number of rotatable bonds is 1. The Morgan fingerprint density at radius 2 is 2.43 bits per heavy atom. The molecule has 1 saturated heterocycles. The largest absolute Gasteiger partial charge is 0.278 e. The van der Waals surface area contributed by atoms with Crippen LogP contribution in [0.1, 0.15) is 6.42 Å². The molecular formula is C8H9N5O. The van der Waals surface area contributed by atoms with E-state index in [1.807, 2.05) is 0 Å². The Morgan fingerprint density at radius 3 is 2.93 bits per heavy atom. The average Bonchev–Trinajstić information content (AvgIpc) is 2.72. The van der Waals surface area contributed by atoms with Gasteiger partial charge in [0, 0.05) is 25.9 Å². The predicted molar refractivity (Wildman–Crippen MR) is 48.1 cm³/mol. The van der Waals surface area contributed by atoms with Crippen molar-refractivity contribution in [3.8, 4) is 12.3 Å². The lowest BCUT2D eigenvalue weighted by molar-refractivity contribution is -0.117. The lowest BCUT2D eigenvalue weighted by Gasteiger charge is -2.11. The lowest BCUT2D eigenvalue weighted by atomic mass is 10.1. The van der Waals surface area contributed by atoms with E-state index in [1.54, 1.807) is 7.05 Å². The Hall–Kier alpha value is -1.90. The summed E-state index contributed by atoms with van der Waals surface area (Å²) in [7, 11) is 1.69. The van der Waals surface area contributed by atoms with Crippen LogP contribution in [0.15, 0.2) is 0 Å². The highest BCUT2D eigenvalue weighted by Gasteiger charge is 2.32. The molecule has 0 N–H and O–H groups in total. The molecule has 1 aliphatic heterocycles. The second-order valence-electron chi connectivity index (χ2n) is 3.17. The minimum absolute atomic E-state index is 0.0224. The summed E-state index contributed by atoms with van der Waals surface area (Å²) in [5, 5.41) is 10.9. The van der Waals surface area contributed by atoms with Gasteiger partial charge in [-0.15, -0.1) is 12.3 Å². The Labute approximate surface area is 80.9 Å². The van der Waals surface area contributed by atoms with Crippen molar-refractivity contribution in [2.24, 2.45) is 13.0 Å². The topological polar surface area (TPSA) is 63.9 Å². The van der Waals surface area contributed by atoms with Crippen LogP contribution in [0.5, 0.6) is 0 Å². The Bertz CT molecular complexity index is 404. The van der Waals surface area contributed by atoms with Gasteiger partial charge in [-0.3, -0.25) is 9.69 Å². The molecule has 2 rings (SSSR count). The molecule has 6 heteroatoms. The summed E-state index contributed by atoms with van der Waals surface area (Å²) in [5.74, 6) is 2.97. The maximum Gasteiger partial charge on any atom is 0.251 e. The molecule has 0 aliphatic carbocycles. The van der Waals surface area contributed by atoms with Gasteiger partial charge in [0.05, 0.1) is 0 Å². The van der Waals surface area contributed by atoms with Gasteiger partial charge in [-0.25, -0.2) is 4.68 Å². The summed E-state index contributed by atoms with van der Waals surface area (Å²) in [6.07, 6.45) is 5.64. The van der Waals surface area contributed by atoms with Gasteiger partial charge in [0.1, 0.15) is 0 Å². The van der Waals surface area contributed by atoms with Gasteiger partial charge in [-0.1, -0.05) is 5.10 Å². The minimum atomic E-state index is -0.0285. The number of anilines is 1. The number of nitrogens with zero attached hydrogens (tertiary/aromatic N) is 5. The van der Waals surface area contributed by atoms with Gasteiger partial charge < -0.3 is 0 Å². The van der Waals surface area contributed by atoms with E-state index in [4.69, 9.17) is 6.42 Å². The molecule has 1 aliphatic rings. The Balaban J connectivity index is 2.26. The first-order chi connectivity index (χ1) is 6.72. The monoisotopic (exact) mass is 191 g/mol. The molecule has 1 fully saturated rings. The first-order valence-corrected chi connectivity index (χ1v) is 4.21. The SMILES string of the molecule is C#CC1CC(=O)N(c2nnnn2C)C1. The molecule has 0 saturated carbocycles. The molecule has 72 valence electrons. The first kappa shape index (κ1) is 8.69. The Morgan fingerprint density at radius 1 is 1.64 bits per heavy atom. The number of hydrogen-bond acceptors (Lipinski definition) is 4. The van der Waals surface area contributed by atoms with Crippen LogP contribution < -0.4 is 4.90 Å². The van der Waals surface area contributed by atoms with Crippen LogP contribution >= 0.6 is 0 Å². The van der Waals surface area contributed by atoms with Gasteiger partial charge in [0.15, 0.2) is 0 Å². The molecule has 1 unspecified atom stereocenters. The van der Waals surface area contributed by atoms with Crippen molar-refractivity contribution in [2.45, 2.75) is 6.42 Å². The summed E-state index contributed by atoms with van der Waals surface area (Å²) in [6, 6.07) is 0. The quantitative estimate of drug-likeness (QED) is 0.545. The average molecular weight is 191 g/mol. The molecular weight excluding hydrogens is 182 g/mol. The summed E-state index contributed by atoms with van der Waals surface area (Å²) in [5.41, 5.74) is 0. The van der Waals surface area contributed by atoms with E-state index in [1.165, 1.54) is 9.58 Å². The van der Waals surface area contributed by atoms with Crippen LogP contribution in [0.2, 0.25) is 0 Å². The van der Waals surface area contributed by atoms with Gasteiger partial charge in [-0.05, 0) is 10.4 Å². The molecule has 0 bridgehead atoms. The lowest BCUT2D eigenvalue weighted by Crippen LogP contribution is -2.27. The molecule has 14 heavy (non-hydrogen) atoms. The zero-order valence-electron chi connectivity index (χ0n) is 7.71. The van der Waals surface area contributed by atoms with Gasteiger partial charge in [0.2, 0.25) is 5.91 Å². The van der Waals surface area contributed by atoms with E-state index in [9.17, 15) is 4.79 Å². The molecule has 1 atom stereocenters. The highest BCUT2D eigenvalue weighted by molar-refractivity contribution is 5.94. The molecule has 6 nitrogen and oxygen atoms in total. The minimum Gasteiger partial charge on any atom is -0.278 e. The molecule has 2 heterocycles. The fourth-order valence-electron chi connectivity index (χ4n) is 1.47. The van der Waals surface area contributed by atoms with Crippen LogP contribution in [-0.4, -0.2) is 32.7 Å². The van der Waals surface area contributed by atoms with E-state index in [0.29, 0.717) is 18.9 Å². The van der Waals surface area contributed by atoms with Crippen molar-refractivity contribution in [1.82, 2.24) is 20.2 Å². The molecule has 0 aromatic carbocycles. The summed E-state index contributed by atoms with van der Waals surface area (Å²) < 4.78 is 1.46. The van der Waals surface area contributed by atoms with Crippen molar-refractivity contribution in [3.63, 3.8) is 0 Å². The van der Waals surface area contributed by atoms with Crippen LogP contribution in [0, 0.1) is 18.3 Å². The standard InChI is InChI=1S/C8H9N5O/c1-3-6-4-7(14)13(5-6)8-9-10-11-12(8)2/h1,6H,4-5H2,2H3. The zero-order chi connectivity index (χ0) is 10.1. The van der Waals surface area contributed by atoms with Crippen molar-refractivity contribution in [2.75, 3.05) is 11.4 Å². The maximum absolute atomic E-state index is 11.5. The number of hydrogen-bond donors (Lipinski definition) is 0. The number of terminal acetylenes is 1. The summed E-state index contributed by atoms with van der Waals surface area (Å²) >= 11 is 0. The van der Waals surface area contributed by atoms with Crippen molar-refractivity contribution >= 4 is 11.9 Å². The smallest absolute Gasteiger partial charge is 0.251 e. The van der Waals surface area contributed by atoms with Crippen LogP contribution in [0.4, 0.5) is 5.95 Å². The normalized spacial score (nSPS) is 21.3. The predicted octanol–water partition coefficient (Wildman–Crippen LogP) is -0.804. The fourth-order valence-corrected chi connectivity index (χ4v) is 1.47. The summed E-state index contributed by atoms with van der Waals surface area (Å²) in [4.78, 5) is 13.0. The number of carbonyl (C=O) groups excluding carboxylic acids is 1.